The minimum atomic E-state index is -4.58. The number of ether oxygens (including phenoxy) is 1. The molecule has 0 aromatic heterocycles. The van der Waals surface area contributed by atoms with Gasteiger partial charge in [-0.2, -0.15) is 26.3 Å². The van der Waals surface area contributed by atoms with E-state index in [9.17, 15) is 26.3 Å². The van der Waals surface area contributed by atoms with Crippen molar-refractivity contribution in [3.63, 3.8) is 0 Å². The van der Waals surface area contributed by atoms with Gasteiger partial charge < -0.3 is 10.5 Å². The van der Waals surface area contributed by atoms with Gasteiger partial charge >= 0.3 is 12.4 Å². The van der Waals surface area contributed by atoms with Crippen LogP contribution in [0.4, 0.5) is 26.3 Å². The molecule has 2 N–H and O–H groups in total. The van der Waals surface area contributed by atoms with E-state index in [1.54, 1.807) is 0 Å². The van der Waals surface area contributed by atoms with Crippen LogP contribution in [0, 0.1) is 0 Å². The minimum absolute atomic E-state index is 0.0716. The molecule has 0 bridgehead atoms. The van der Waals surface area contributed by atoms with Crippen LogP contribution in [-0.4, -0.2) is 17.8 Å². The average molecular weight is 331 g/mol. The topological polar surface area (TPSA) is 35.2 Å². The van der Waals surface area contributed by atoms with Gasteiger partial charge in [-0.3, -0.25) is 0 Å². The van der Waals surface area contributed by atoms with E-state index in [4.69, 9.17) is 10.5 Å². The number of halogens is 6. The first-order chi connectivity index (χ1) is 9.50. The van der Waals surface area contributed by atoms with Gasteiger partial charge in [-0.25, -0.2) is 0 Å². The van der Waals surface area contributed by atoms with Crippen LogP contribution in [0.3, 0.4) is 0 Å². The fraction of sp³-hybridized carbons (Fsp3) is 0.417. The van der Waals surface area contributed by atoms with E-state index >= 15 is 0 Å². The molecule has 1 rings (SSSR count). The molecule has 2 nitrogen and oxygen atoms in total. The molecule has 1 aromatic carbocycles. The molecule has 0 radical (unpaired) electrons. The van der Waals surface area contributed by atoms with Crippen molar-refractivity contribution in [2.75, 3.05) is 6.61 Å². The van der Waals surface area contributed by atoms with Crippen LogP contribution in [0.15, 0.2) is 18.2 Å². The van der Waals surface area contributed by atoms with Crippen molar-refractivity contribution in [3.05, 3.63) is 29.3 Å². The molecule has 0 fully saturated rings. The second kappa shape index (κ2) is 6.50. The van der Waals surface area contributed by atoms with Crippen LogP contribution in [0.2, 0.25) is 0 Å². The number of hydrogen-bond acceptors (Lipinski definition) is 2. The maximum Gasteiger partial charge on any atom is 0.416 e. The summed E-state index contributed by atoms with van der Waals surface area (Å²) in [4.78, 5) is -0.327. The standard InChI is InChI=1S/C12H11F6NOS/c13-11(14,15)4-1-5-20-9-3-2-7(12(16,17)18)6-8(9)10(19)21/h2-3,6H,1,4-5H2,(H2,19,21). The van der Waals surface area contributed by atoms with Gasteiger partial charge in [0, 0.05) is 6.42 Å². The van der Waals surface area contributed by atoms with Crippen LogP contribution in [-0.2, 0) is 6.18 Å². The Bertz CT molecular complexity index is 511. The third-order valence-electron chi connectivity index (χ3n) is 2.43. The number of thiocarbonyl (C=S) groups is 1. The van der Waals surface area contributed by atoms with Crippen LogP contribution in [0.25, 0.3) is 0 Å². The quantitative estimate of drug-likeness (QED) is 0.502. The van der Waals surface area contributed by atoms with Gasteiger partial charge in [-0.05, 0) is 24.6 Å². The highest BCUT2D eigenvalue weighted by atomic mass is 32.1. The number of benzene rings is 1. The minimum Gasteiger partial charge on any atom is -0.493 e. The summed E-state index contributed by atoms with van der Waals surface area (Å²) in [5.74, 6) is -0.0716. The van der Waals surface area contributed by atoms with Crippen molar-refractivity contribution in [2.45, 2.75) is 25.2 Å². The van der Waals surface area contributed by atoms with Crippen molar-refractivity contribution in [3.8, 4) is 5.75 Å². The van der Waals surface area contributed by atoms with Gasteiger partial charge in [-0.15, -0.1) is 0 Å². The molecule has 0 aliphatic rings. The van der Waals surface area contributed by atoms with Crippen LogP contribution in [0.5, 0.6) is 5.75 Å². The van der Waals surface area contributed by atoms with Gasteiger partial charge in [0.15, 0.2) is 0 Å². The molecule has 0 heterocycles. The normalized spacial score (nSPS) is 12.3. The molecule has 0 aliphatic carbocycles. The Morgan fingerprint density at radius 2 is 1.76 bits per heavy atom. The number of rotatable bonds is 5. The Morgan fingerprint density at radius 1 is 1.14 bits per heavy atom. The zero-order chi connectivity index (χ0) is 16.3. The van der Waals surface area contributed by atoms with Gasteiger partial charge in [0.2, 0.25) is 0 Å². The highest BCUT2D eigenvalue weighted by Gasteiger charge is 2.31. The van der Waals surface area contributed by atoms with E-state index in [1.807, 2.05) is 0 Å². The molecule has 0 spiro atoms. The molecule has 0 saturated carbocycles. The van der Waals surface area contributed by atoms with Gasteiger partial charge in [0.1, 0.15) is 10.7 Å². The van der Waals surface area contributed by atoms with Gasteiger partial charge in [0.25, 0.3) is 0 Å². The molecule has 0 atom stereocenters. The van der Waals surface area contributed by atoms with E-state index in [2.05, 4.69) is 12.2 Å². The van der Waals surface area contributed by atoms with E-state index in [-0.39, 0.29) is 29.3 Å². The monoisotopic (exact) mass is 331 g/mol. The Hall–Kier alpha value is -1.51. The third kappa shape index (κ3) is 5.78. The van der Waals surface area contributed by atoms with Crippen LogP contribution in [0.1, 0.15) is 24.0 Å². The molecule has 9 heteroatoms. The molecule has 21 heavy (non-hydrogen) atoms. The predicted octanol–water partition coefficient (Wildman–Crippen LogP) is 4.06. The summed E-state index contributed by atoms with van der Waals surface area (Å²) in [7, 11) is 0. The van der Waals surface area contributed by atoms with Crippen molar-refractivity contribution < 1.29 is 31.1 Å². The lowest BCUT2D eigenvalue weighted by Gasteiger charge is -2.14. The molecule has 0 saturated heterocycles. The lowest BCUT2D eigenvalue weighted by Crippen LogP contribution is -2.15. The first kappa shape index (κ1) is 17.5. The molecule has 0 unspecified atom stereocenters. The summed E-state index contributed by atoms with van der Waals surface area (Å²) < 4.78 is 78.5. The number of nitrogens with two attached hydrogens (primary N) is 1. The third-order valence-corrected chi connectivity index (χ3v) is 2.65. The highest BCUT2D eigenvalue weighted by Crippen LogP contribution is 2.32. The second-order valence-corrected chi connectivity index (χ2v) is 4.58. The summed E-state index contributed by atoms with van der Waals surface area (Å²) in [5.41, 5.74) is 4.18. The average Bonchev–Trinajstić information content (AvgIpc) is 2.32. The highest BCUT2D eigenvalue weighted by molar-refractivity contribution is 7.80. The van der Waals surface area contributed by atoms with Crippen molar-refractivity contribution >= 4 is 17.2 Å². The molecule has 1 aromatic rings. The Labute approximate surface area is 121 Å². The Kier molecular flexibility index (Phi) is 5.43. The second-order valence-electron chi connectivity index (χ2n) is 4.14. The van der Waals surface area contributed by atoms with Crippen molar-refractivity contribution in [1.82, 2.24) is 0 Å². The summed E-state index contributed by atoms with van der Waals surface area (Å²) in [5, 5.41) is 0. The molecular formula is C12H11F6NOS. The van der Waals surface area contributed by atoms with Crippen molar-refractivity contribution in [1.29, 1.82) is 0 Å². The van der Waals surface area contributed by atoms with E-state index in [1.165, 1.54) is 0 Å². The Morgan fingerprint density at radius 3 is 2.24 bits per heavy atom. The number of alkyl halides is 6. The number of hydrogen-bond donors (Lipinski definition) is 1. The zero-order valence-corrected chi connectivity index (χ0v) is 11.3. The molecule has 0 aliphatic heterocycles. The van der Waals surface area contributed by atoms with Gasteiger partial charge in [-0.1, -0.05) is 12.2 Å². The van der Waals surface area contributed by atoms with Crippen LogP contribution < -0.4 is 10.5 Å². The first-order valence-corrected chi connectivity index (χ1v) is 6.12. The summed E-state index contributed by atoms with van der Waals surface area (Å²) in [6, 6.07) is 2.45. The van der Waals surface area contributed by atoms with Gasteiger partial charge in [0.05, 0.1) is 17.7 Å². The summed E-state index contributed by atoms with van der Waals surface area (Å²) in [6.45, 7) is -0.305. The maximum absolute atomic E-state index is 12.6. The summed E-state index contributed by atoms with van der Waals surface area (Å²) >= 11 is 4.62. The first-order valence-electron chi connectivity index (χ1n) is 5.71. The zero-order valence-electron chi connectivity index (χ0n) is 10.5. The lowest BCUT2D eigenvalue weighted by molar-refractivity contribution is -0.138. The van der Waals surface area contributed by atoms with E-state index in [0.29, 0.717) is 6.07 Å². The smallest absolute Gasteiger partial charge is 0.416 e. The van der Waals surface area contributed by atoms with Crippen molar-refractivity contribution in [2.24, 2.45) is 5.73 Å². The largest absolute Gasteiger partial charge is 0.493 e. The predicted molar refractivity (Wildman–Crippen MR) is 68.1 cm³/mol. The molecular weight excluding hydrogens is 320 g/mol. The molecule has 0 amide bonds. The Balaban J connectivity index is 2.81. The van der Waals surface area contributed by atoms with E-state index < -0.39 is 24.3 Å². The fourth-order valence-electron chi connectivity index (χ4n) is 1.48. The van der Waals surface area contributed by atoms with E-state index in [0.717, 1.165) is 12.1 Å². The SMILES string of the molecule is NC(=S)c1cc(C(F)(F)F)ccc1OCCCC(F)(F)F. The summed E-state index contributed by atoms with van der Waals surface area (Å²) in [6.07, 6.45) is -10.2. The fourth-order valence-corrected chi connectivity index (χ4v) is 1.64. The molecule has 118 valence electrons. The van der Waals surface area contributed by atoms with Crippen LogP contribution >= 0.6 is 12.2 Å². The maximum atomic E-state index is 12.6. The lowest BCUT2D eigenvalue weighted by atomic mass is 10.1.